The monoisotopic (exact) mass is 373 g/mol. The third kappa shape index (κ3) is 4.65. The smallest absolute Gasteiger partial charge is 0.230 e. The van der Waals surface area contributed by atoms with Gasteiger partial charge in [-0.15, -0.1) is 10.2 Å². The van der Waals surface area contributed by atoms with Crippen molar-refractivity contribution in [1.29, 1.82) is 0 Å². The third-order valence-electron chi connectivity index (χ3n) is 4.64. The maximum absolute atomic E-state index is 12.3. The van der Waals surface area contributed by atoms with Gasteiger partial charge in [0.1, 0.15) is 5.82 Å². The first-order valence-corrected chi connectivity index (χ1v) is 10.1. The summed E-state index contributed by atoms with van der Waals surface area (Å²) in [5, 5.41) is 12.5. The normalized spacial score (nSPS) is 15.2. The maximum atomic E-state index is 12.3. The van der Waals surface area contributed by atoms with Crippen molar-refractivity contribution in [3.8, 4) is 0 Å². The van der Waals surface area contributed by atoms with Gasteiger partial charge in [-0.2, -0.15) is 0 Å². The number of thioether (sulfide) groups is 1. The quantitative estimate of drug-likeness (QED) is 0.685. The van der Waals surface area contributed by atoms with Crippen LogP contribution in [0, 0.1) is 0 Å². The Bertz CT molecular complexity index is 727. The topological polar surface area (TPSA) is 63.1 Å². The summed E-state index contributed by atoms with van der Waals surface area (Å²) >= 11 is 1.47. The van der Waals surface area contributed by atoms with Crippen LogP contribution in [-0.4, -0.2) is 52.0 Å². The predicted octanol–water partition coefficient (Wildman–Crippen LogP) is 2.69. The van der Waals surface area contributed by atoms with E-state index in [0.717, 1.165) is 17.5 Å². The minimum atomic E-state index is 0.0245. The molecular formula is C19H27N5OS. The Balaban J connectivity index is 1.52. The van der Waals surface area contributed by atoms with Gasteiger partial charge in [0.05, 0.1) is 11.8 Å². The van der Waals surface area contributed by atoms with Gasteiger partial charge in [0.2, 0.25) is 5.91 Å². The van der Waals surface area contributed by atoms with Crippen LogP contribution in [-0.2, 0) is 11.3 Å². The largest absolute Gasteiger partial charge is 0.353 e. The summed E-state index contributed by atoms with van der Waals surface area (Å²) in [7, 11) is 4.06. The second kappa shape index (κ2) is 8.68. The van der Waals surface area contributed by atoms with Gasteiger partial charge in [-0.25, -0.2) is 0 Å². The van der Waals surface area contributed by atoms with Gasteiger partial charge in [-0.3, -0.25) is 4.79 Å². The molecule has 7 heteroatoms. The highest BCUT2D eigenvalue weighted by atomic mass is 32.2. The summed E-state index contributed by atoms with van der Waals surface area (Å²) in [6.45, 7) is 3.53. The average molecular weight is 374 g/mol. The van der Waals surface area contributed by atoms with Crippen molar-refractivity contribution in [2.75, 3.05) is 26.4 Å². The summed E-state index contributed by atoms with van der Waals surface area (Å²) in [5.41, 5.74) is 1.20. The highest BCUT2D eigenvalue weighted by Crippen LogP contribution is 2.39. The zero-order valence-corrected chi connectivity index (χ0v) is 16.5. The molecule has 1 amide bonds. The molecular weight excluding hydrogens is 346 g/mol. The van der Waals surface area contributed by atoms with E-state index in [9.17, 15) is 4.79 Å². The average Bonchev–Trinajstić information content (AvgIpc) is 3.40. The molecule has 0 aliphatic heterocycles. The number of likely N-dealkylation sites (N-methyl/N-ethyl adjacent to an activating group) is 1. The van der Waals surface area contributed by atoms with Crippen molar-refractivity contribution in [2.24, 2.45) is 0 Å². The number of hydrogen-bond donors (Lipinski definition) is 1. The Labute approximate surface area is 159 Å². The van der Waals surface area contributed by atoms with E-state index >= 15 is 0 Å². The van der Waals surface area contributed by atoms with Gasteiger partial charge in [-0.1, -0.05) is 42.1 Å². The van der Waals surface area contributed by atoms with Gasteiger partial charge in [0.15, 0.2) is 5.16 Å². The zero-order chi connectivity index (χ0) is 18.5. The Morgan fingerprint density at radius 3 is 2.65 bits per heavy atom. The summed E-state index contributed by atoms with van der Waals surface area (Å²) in [6.07, 6.45) is 2.41. The van der Waals surface area contributed by atoms with Crippen LogP contribution in [0.4, 0.5) is 0 Å². The number of aromatic nitrogens is 3. The zero-order valence-electron chi connectivity index (χ0n) is 15.7. The predicted molar refractivity (Wildman–Crippen MR) is 104 cm³/mol. The number of hydrogen-bond acceptors (Lipinski definition) is 5. The lowest BCUT2D eigenvalue weighted by molar-refractivity contribution is -0.118. The van der Waals surface area contributed by atoms with Gasteiger partial charge in [-0.05, 0) is 39.4 Å². The molecule has 2 aromatic rings. The number of carbonyl (C=O) groups excluding carboxylic acids is 1. The molecule has 140 valence electrons. The standard InChI is InChI=1S/C19H27N5OS/c1-4-24-18(15-10-11-15)21-22-19(24)26-13-17(25)20-12-16(23(2)3)14-8-6-5-7-9-14/h5-9,15-16H,4,10-13H2,1-3H3,(H,20,25)/t16-/m1/s1. The molecule has 0 spiro atoms. The minimum absolute atomic E-state index is 0.0245. The molecule has 1 atom stereocenters. The molecule has 0 bridgehead atoms. The van der Waals surface area contributed by atoms with E-state index < -0.39 is 0 Å². The van der Waals surface area contributed by atoms with Crippen LogP contribution < -0.4 is 5.32 Å². The molecule has 1 aromatic heterocycles. The number of amides is 1. The summed E-state index contributed by atoms with van der Waals surface area (Å²) in [4.78, 5) is 14.4. The highest BCUT2D eigenvalue weighted by molar-refractivity contribution is 7.99. The van der Waals surface area contributed by atoms with Crippen molar-refractivity contribution in [2.45, 2.75) is 43.4 Å². The number of rotatable bonds is 9. The molecule has 6 nitrogen and oxygen atoms in total. The first-order chi connectivity index (χ1) is 12.6. The highest BCUT2D eigenvalue weighted by Gasteiger charge is 2.30. The van der Waals surface area contributed by atoms with Gasteiger partial charge in [0, 0.05) is 19.0 Å². The molecule has 0 unspecified atom stereocenters. The second-order valence-corrected chi connectivity index (χ2v) is 7.78. The van der Waals surface area contributed by atoms with E-state index in [1.165, 1.54) is 30.2 Å². The van der Waals surface area contributed by atoms with E-state index in [1.807, 2.05) is 32.3 Å². The van der Waals surface area contributed by atoms with Crippen LogP contribution in [0.1, 0.15) is 43.1 Å². The molecule has 0 radical (unpaired) electrons. The van der Waals surface area contributed by atoms with Crippen molar-refractivity contribution in [1.82, 2.24) is 25.0 Å². The van der Waals surface area contributed by atoms with Crippen molar-refractivity contribution >= 4 is 17.7 Å². The molecule has 3 rings (SSSR count). The Hall–Kier alpha value is -1.86. The van der Waals surface area contributed by atoms with Gasteiger partial charge < -0.3 is 14.8 Å². The lowest BCUT2D eigenvalue weighted by Crippen LogP contribution is -2.35. The lowest BCUT2D eigenvalue weighted by Gasteiger charge is -2.25. The lowest BCUT2D eigenvalue weighted by atomic mass is 10.1. The minimum Gasteiger partial charge on any atom is -0.353 e. The SMILES string of the molecule is CCn1c(SCC(=O)NC[C@H](c2ccccc2)N(C)C)nnc1C1CC1. The fourth-order valence-electron chi connectivity index (χ4n) is 3.01. The molecule has 1 heterocycles. The molecule has 0 saturated heterocycles. The third-order valence-corrected chi connectivity index (χ3v) is 5.60. The fourth-order valence-corrected chi connectivity index (χ4v) is 3.85. The van der Waals surface area contributed by atoms with E-state index in [-0.39, 0.29) is 11.9 Å². The van der Waals surface area contributed by atoms with Crippen LogP contribution in [0.3, 0.4) is 0 Å². The van der Waals surface area contributed by atoms with Crippen LogP contribution in [0.5, 0.6) is 0 Å². The molecule has 1 aliphatic rings. The Morgan fingerprint density at radius 2 is 2.04 bits per heavy atom. The summed E-state index contributed by atoms with van der Waals surface area (Å²) < 4.78 is 2.14. The maximum Gasteiger partial charge on any atom is 0.230 e. The molecule has 1 aliphatic carbocycles. The van der Waals surface area contributed by atoms with Crippen molar-refractivity contribution in [3.05, 3.63) is 41.7 Å². The molecule has 1 aromatic carbocycles. The molecule has 1 N–H and O–H groups in total. The first-order valence-electron chi connectivity index (χ1n) is 9.14. The van der Waals surface area contributed by atoms with E-state index in [4.69, 9.17) is 0 Å². The number of benzene rings is 1. The first kappa shape index (κ1) is 18.9. The number of nitrogens with zero attached hydrogens (tertiary/aromatic N) is 4. The van der Waals surface area contributed by atoms with Crippen LogP contribution in [0.25, 0.3) is 0 Å². The fraction of sp³-hybridized carbons (Fsp3) is 0.526. The van der Waals surface area contributed by atoms with Crippen LogP contribution in [0.2, 0.25) is 0 Å². The Morgan fingerprint density at radius 1 is 1.31 bits per heavy atom. The summed E-state index contributed by atoms with van der Waals surface area (Å²) in [6, 6.07) is 10.4. The van der Waals surface area contributed by atoms with Crippen molar-refractivity contribution in [3.63, 3.8) is 0 Å². The molecule has 26 heavy (non-hydrogen) atoms. The van der Waals surface area contributed by atoms with E-state index in [1.54, 1.807) is 0 Å². The number of nitrogens with one attached hydrogen (secondary N) is 1. The molecule has 1 saturated carbocycles. The Kier molecular flexibility index (Phi) is 6.32. The van der Waals surface area contributed by atoms with Crippen molar-refractivity contribution < 1.29 is 4.79 Å². The van der Waals surface area contributed by atoms with Gasteiger partial charge in [0.25, 0.3) is 0 Å². The molecule has 1 fully saturated rings. The van der Waals surface area contributed by atoms with Crippen LogP contribution in [0.15, 0.2) is 35.5 Å². The second-order valence-electron chi connectivity index (χ2n) is 6.84. The summed E-state index contributed by atoms with van der Waals surface area (Å²) in [5.74, 6) is 2.03. The van der Waals surface area contributed by atoms with Gasteiger partial charge >= 0.3 is 0 Å². The van der Waals surface area contributed by atoms with Crippen LogP contribution >= 0.6 is 11.8 Å². The van der Waals surface area contributed by atoms with E-state index in [0.29, 0.717) is 18.2 Å². The van der Waals surface area contributed by atoms with E-state index in [2.05, 4.69) is 44.0 Å². The number of carbonyl (C=O) groups is 1.